The van der Waals surface area contributed by atoms with Crippen LogP contribution in [0.5, 0.6) is 0 Å². The van der Waals surface area contributed by atoms with Crippen LogP contribution in [0.25, 0.3) is 11.2 Å². The Balaban J connectivity index is 1.26. The van der Waals surface area contributed by atoms with Gasteiger partial charge < -0.3 is 14.2 Å². The van der Waals surface area contributed by atoms with Gasteiger partial charge in [-0.25, -0.2) is 9.97 Å². The fraction of sp³-hybridized carbons (Fsp3) is 0.545. The summed E-state index contributed by atoms with van der Waals surface area (Å²) in [5.41, 5.74) is 4.85. The van der Waals surface area contributed by atoms with Gasteiger partial charge in [-0.05, 0) is 50.2 Å². The van der Waals surface area contributed by atoms with E-state index in [1.165, 1.54) is 11.3 Å². The van der Waals surface area contributed by atoms with E-state index in [1.54, 1.807) is 6.20 Å². The molecule has 0 bridgehead atoms. The lowest BCUT2D eigenvalue weighted by Gasteiger charge is -2.40. The summed E-state index contributed by atoms with van der Waals surface area (Å²) in [6.07, 6.45) is 11.7. The van der Waals surface area contributed by atoms with E-state index in [2.05, 4.69) is 24.7 Å². The summed E-state index contributed by atoms with van der Waals surface area (Å²) >= 11 is 0. The van der Waals surface area contributed by atoms with Crippen molar-refractivity contribution in [3.05, 3.63) is 41.6 Å². The van der Waals surface area contributed by atoms with Crippen LogP contribution in [0.3, 0.4) is 0 Å². The molecular weight excluding hydrogens is 380 g/mol. The van der Waals surface area contributed by atoms with E-state index in [1.807, 2.05) is 23.5 Å². The summed E-state index contributed by atoms with van der Waals surface area (Å²) in [6, 6.07) is 2.27. The van der Waals surface area contributed by atoms with E-state index in [0.29, 0.717) is 11.6 Å². The molecule has 8 heteroatoms. The van der Waals surface area contributed by atoms with Gasteiger partial charge in [0.15, 0.2) is 5.65 Å². The minimum Gasteiger partial charge on any atom is -0.381 e. The first-order chi connectivity index (χ1) is 14.7. The maximum absolute atomic E-state index is 13.4. The molecule has 3 aromatic rings. The largest absolute Gasteiger partial charge is 0.381 e. The average Bonchev–Trinajstić information content (AvgIpc) is 3.51. The maximum Gasteiger partial charge on any atom is 0.255 e. The molecule has 1 aliphatic carbocycles. The number of amides is 1. The van der Waals surface area contributed by atoms with Gasteiger partial charge in [0.25, 0.3) is 5.91 Å². The monoisotopic (exact) mass is 406 g/mol. The highest BCUT2D eigenvalue weighted by Crippen LogP contribution is 2.44. The fourth-order valence-electron chi connectivity index (χ4n) is 5.62. The molecule has 2 aliphatic heterocycles. The van der Waals surface area contributed by atoms with Gasteiger partial charge in [0.2, 0.25) is 0 Å². The number of rotatable bonds is 2. The molecule has 3 aromatic heterocycles. The molecule has 30 heavy (non-hydrogen) atoms. The Morgan fingerprint density at radius 2 is 2.10 bits per heavy atom. The van der Waals surface area contributed by atoms with Crippen LogP contribution in [0.15, 0.2) is 24.8 Å². The molecule has 1 N–H and O–H groups in total. The van der Waals surface area contributed by atoms with Crippen molar-refractivity contribution in [2.75, 3.05) is 26.3 Å². The van der Waals surface area contributed by atoms with Gasteiger partial charge in [-0.2, -0.15) is 5.10 Å². The third kappa shape index (κ3) is 2.77. The molecule has 1 atom stereocenters. The molecule has 3 aliphatic rings. The Morgan fingerprint density at radius 3 is 3.00 bits per heavy atom. The van der Waals surface area contributed by atoms with Crippen LogP contribution < -0.4 is 0 Å². The van der Waals surface area contributed by atoms with E-state index in [4.69, 9.17) is 4.74 Å². The van der Waals surface area contributed by atoms with Gasteiger partial charge in [0.05, 0.1) is 18.1 Å². The number of pyridine rings is 1. The summed E-state index contributed by atoms with van der Waals surface area (Å²) in [7, 11) is 0. The second-order valence-electron chi connectivity index (χ2n) is 8.94. The Morgan fingerprint density at radius 1 is 1.20 bits per heavy atom. The molecule has 2 saturated heterocycles. The number of H-pyrrole nitrogens is 1. The topological polar surface area (TPSA) is 88.9 Å². The van der Waals surface area contributed by atoms with Crippen molar-refractivity contribution >= 4 is 17.1 Å². The van der Waals surface area contributed by atoms with Crippen LogP contribution in [0.2, 0.25) is 0 Å². The van der Waals surface area contributed by atoms with Crippen molar-refractivity contribution in [1.29, 1.82) is 0 Å². The predicted molar refractivity (Wildman–Crippen MR) is 110 cm³/mol. The maximum atomic E-state index is 13.4. The first-order valence-electron chi connectivity index (χ1n) is 11.0. The van der Waals surface area contributed by atoms with Crippen LogP contribution in [0.4, 0.5) is 0 Å². The number of aromatic amines is 1. The predicted octanol–water partition coefficient (Wildman–Crippen LogP) is 2.63. The van der Waals surface area contributed by atoms with Gasteiger partial charge in [0.1, 0.15) is 5.52 Å². The molecule has 0 aromatic carbocycles. The highest BCUT2D eigenvalue weighted by molar-refractivity contribution is 5.96. The molecule has 0 radical (unpaired) electrons. The second-order valence-corrected chi connectivity index (χ2v) is 8.94. The molecular formula is C22H26N6O2. The average molecular weight is 406 g/mol. The number of imidazole rings is 1. The molecule has 0 saturated carbocycles. The fourth-order valence-corrected chi connectivity index (χ4v) is 5.62. The third-order valence-corrected chi connectivity index (χ3v) is 7.23. The molecule has 2 fully saturated rings. The van der Waals surface area contributed by atoms with Crippen LogP contribution in [-0.2, 0) is 16.6 Å². The zero-order valence-corrected chi connectivity index (χ0v) is 17.0. The van der Waals surface area contributed by atoms with Crippen molar-refractivity contribution in [3.63, 3.8) is 0 Å². The SMILES string of the molecule is O=C(c1cnc2c(c1)ncn2C1CCOCC1)N1CCCC2(CCc3cn[nH]c32)C1. The summed E-state index contributed by atoms with van der Waals surface area (Å²) in [5.74, 6) is 0.0528. The molecule has 1 unspecified atom stereocenters. The first kappa shape index (κ1) is 18.1. The standard InChI is InChI=1S/C22H26N6O2/c29-21(27-7-1-5-22(13-27)6-2-15-12-25-26-19(15)22)16-10-18-20(23-11-16)28(14-24-18)17-3-8-30-9-4-17/h10-12,14,17H,1-9,13H2,(H,25,26). The Bertz CT molecular complexity index is 1100. The first-order valence-corrected chi connectivity index (χ1v) is 11.0. The number of piperidine rings is 1. The number of carbonyl (C=O) groups is 1. The number of likely N-dealkylation sites (tertiary alicyclic amines) is 1. The zero-order chi connectivity index (χ0) is 20.1. The number of nitrogens with zero attached hydrogens (tertiary/aromatic N) is 5. The lowest BCUT2D eigenvalue weighted by Crippen LogP contribution is -2.47. The van der Waals surface area contributed by atoms with Gasteiger partial charge in [-0.15, -0.1) is 0 Å². The smallest absolute Gasteiger partial charge is 0.255 e. The number of hydrogen-bond donors (Lipinski definition) is 1. The van der Waals surface area contributed by atoms with Gasteiger partial charge in [-0.3, -0.25) is 9.89 Å². The molecule has 5 heterocycles. The van der Waals surface area contributed by atoms with E-state index in [0.717, 1.165) is 76.0 Å². The normalized spacial score (nSPS) is 24.6. The highest BCUT2D eigenvalue weighted by Gasteiger charge is 2.44. The van der Waals surface area contributed by atoms with E-state index >= 15 is 0 Å². The van der Waals surface area contributed by atoms with E-state index in [-0.39, 0.29) is 11.3 Å². The van der Waals surface area contributed by atoms with Crippen LogP contribution >= 0.6 is 0 Å². The molecule has 1 amide bonds. The quantitative estimate of drug-likeness (QED) is 0.707. The Labute approximate surface area is 174 Å². The lowest BCUT2D eigenvalue weighted by molar-refractivity contribution is 0.0632. The van der Waals surface area contributed by atoms with Crippen molar-refractivity contribution in [2.45, 2.75) is 50.0 Å². The summed E-state index contributed by atoms with van der Waals surface area (Å²) < 4.78 is 7.61. The van der Waals surface area contributed by atoms with E-state index < -0.39 is 0 Å². The number of carbonyl (C=O) groups excluding carboxylic acids is 1. The molecule has 1 spiro atoms. The Hall–Kier alpha value is -2.74. The zero-order valence-electron chi connectivity index (χ0n) is 17.0. The van der Waals surface area contributed by atoms with Crippen LogP contribution in [-0.4, -0.2) is 61.8 Å². The highest BCUT2D eigenvalue weighted by atomic mass is 16.5. The minimum atomic E-state index is 0.0297. The number of nitrogens with one attached hydrogen (secondary N) is 1. The number of hydrogen-bond acceptors (Lipinski definition) is 5. The summed E-state index contributed by atoms with van der Waals surface area (Å²) in [4.78, 5) is 24.5. The van der Waals surface area contributed by atoms with Gasteiger partial charge in [-0.1, -0.05) is 0 Å². The van der Waals surface area contributed by atoms with Crippen molar-refractivity contribution in [1.82, 2.24) is 29.6 Å². The Kier molecular flexibility index (Phi) is 4.16. The summed E-state index contributed by atoms with van der Waals surface area (Å²) in [6.45, 7) is 3.08. The van der Waals surface area contributed by atoms with Crippen LogP contribution in [0.1, 0.15) is 59.8 Å². The van der Waals surface area contributed by atoms with Gasteiger partial charge in [0, 0.05) is 49.7 Å². The second kappa shape index (κ2) is 6.91. The number of fused-ring (bicyclic) bond motifs is 3. The minimum absolute atomic E-state index is 0.0297. The molecule has 156 valence electrons. The molecule has 8 nitrogen and oxygen atoms in total. The molecule has 6 rings (SSSR count). The number of aryl methyl sites for hydroxylation is 1. The lowest BCUT2D eigenvalue weighted by atomic mass is 9.77. The van der Waals surface area contributed by atoms with Crippen molar-refractivity contribution in [2.24, 2.45) is 0 Å². The number of aromatic nitrogens is 5. The van der Waals surface area contributed by atoms with Crippen molar-refractivity contribution < 1.29 is 9.53 Å². The van der Waals surface area contributed by atoms with Crippen molar-refractivity contribution in [3.8, 4) is 0 Å². The van der Waals surface area contributed by atoms with Crippen LogP contribution in [0, 0.1) is 0 Å². The van der Waals surface area contributed by atoms with E-state index in [9.17, 15) is 4.79 Å². The third-order valence-electron chi connectivity index (χ3n) is 7.23. The summed E-state index contributed by atoms with van der Waals surface area (Å²) in [5, 5.41) is 7.45. The number of ether oxygens (including phenoxy) is 1. The van der Waals surface area contributed by atoms with Gasteiger partial charge >= 0.3 is 0 Å².